The smallest absolute Gasteiger partial charge is 0.142 e. The summed E-state index contributed by atoms with van der Waals surface area (Å²) in [6.07, 6.45) is 7.88. The predicted octanol–water partition coefficient (Wildman–Crippen LogP) is 4.24. The van der Waals surface area contributed by atoms with Gasteiger partial charge in [0, 0.05) is 12.2 Å². The topological polar surface area (TPSA) is 34.2 Å². The lowest BCUT2D eigenvalue weighted by molar-refractivity contribution is 0.0887. The van der Waals surface area contributed by atoms with E-state index >= 15 is 0 Å². The first-order chi connectivity index (χ1) is 10.2. The fourth-order valence-corrected chi connectivity index (χ4v) is 3.17. The summed E-state index contributed by atoms with van der Waals surface area (Å²) >= 11 is 0. The van der Waals surface area contributed by atoms with Crippen LogP contribution >= 0.6 is 0 Å². The van der Waals surface area contributed by atoms with E-state index in [4.69, 9.17) is 4.74 Å². The predicted molar refractivity (Wildman–Crippen MR) is 87.6 cm³/mol. The van der Waals surface area contributed by atoms with Crippen LogP contribution in [0.4, 0.5) is 0 Å². The highest BCUT2D eigenvalue weighted by atomic mass is 16.5. The second-order valence-corrected chi connectivity index (χ2v) is 6.18. The van der Waals surface area contributed by atoms with Crippen LogP contribution in [0, 0.1) is 12.8 Å². The van der Waals surface area contributed by atoms with Gasteiger partial charge in [0.1, 0.15) is 11.9 Å². The number of nitrogens with one attached hydrogen (secondary N) is 1. The molecule has 1 aromatic rings. The van der Waals surface area contributed by atoms with Gasteiger partial charge in [-0.3, -0.25) is 4.98 Å². The monoisotopic (exact) mass is 290 g/mol. The van der Waals surface area contributed by atoms with Crippen LogP contribution in [0.3, 0.4) is 0 Å². The van der Waals surface area contributed by atoms with Gasteiger partial charge in [-0.2, -0.15) is 0 Å². The van der Waals surface area contributed by atoms with Gasteiger partial charge in [-0.05, 0) is 63.6 Å². The molecule has 2 atom stereocenters. The number of hydrogen-bond donors (Lipinski definition) is 1. The molecule has 0 aromatic carbocycles. The Morgan fingerprint density at radius 2 is 2.05 bits per heavy atom. The van der Waals surface area contributed by atoms with E-state index in [2.05, 4.69) is 36.3 Å². The van der Waals surface area contributed by atoms with Crippen LogP contribution in [0.15, 0.2) is 12.1 Å². The van der Waals surface area contributed by atoms with E-state index in [1.807, 2.05) is 6.92 Å². The molecule has 0 aliphatic heterocycles. The average Bonchev–Trinajstić information content (AvgIpc) is 2.50. The number of nitrogens with zero attached hydrogens (tertiary/aromatic N) is 1. The van der Waals surface area contributed by atoms with Crippen molar-refractivity contribution in [2.24, 2.45) is 5.92 Å². The lowest BCUT2D eigenvalue weighted by atomic mass is 9.85. The number of pyridine rings is 1. The molecule has 21 heavy (non-hydrogen) atoms. The highest BCUT2D eigenvalue weighted by Crippen LogP contribution is 2.31. The van der Waals surface area contributed by atoms with Crippen molar-refractivity contribution in [1.29, 1.82) is 0 Å². The van der Waals surface area contributed by atoms with Crippen molar-refractivity contribution >= 4 is 0 Å². The van der Waals surface area contributed by atoms with Gasteiger partial charge in [-0.1, -0.05) is 20.3 Å². The number of ether oxygens (including phenoxy) is 1. The Balaban J connectivity index is 2.06. The quantitative estimate of drug-likeness (QED) is 0.763. The van der Waals surface area contributed by atoms with Crippen LogP contribution in [0.1, 0.15) is 63.8 Å². The van der Waals surface area contributed by atoms with Gasteiger partial charge in [0.05, 0.1) is 5.69 Å². The fraction of sp³-hybridized carbons (Fsp3) is 0.722. The van der Waals surface area contributed by atoms with Crippen LogP contribution in [0.5, 0.6) is 5.75 Å². The van der Waals surface area contributed by atoms with E-state index in [1.54, 1.807) is 0 Å². The van der Waals surface area contributed by atoms with E-state index in [1.165, 1.54) is 32.1 Å². The van der Waals surface area contributed by atoms with Gasteiger partial charge in [-0.25, -0.2) is 0 Å². The number of aromatic nitrogens is 1. The van der Waals surface area contributed by atoms with E-state index in [0.29, 0.717) is 12.0 Å². The molecule has 1 fully saturated rings. The molecule has 1 N–H and O–H groups in total. The molecule has 0 spiro atoms. The zero-order valence-corrected chi connectivity index (χ0v) is 13.8. The van der Waals surface area contributed by atoms with Gasteiger partial charge >= 0.3 is 0 Å². The van der Waals surface area contributed by atoms with Crippen LogP contribution < -0.4 is 10.1 Å². The molecule has 0 radical (unpaired) electrons. The van der Waals surface area contributed by atoms with Crippen LogP contribution in [-0.4, -0.2) is 17.6 Å². The Morgan fingerprint density at radius 3 is 2.81 bits per heavy atom. The SMILES string of the molecule is CCCNCc1nc(C)ccc1OC1CCCCC1CC. The second kappa shape index (κ2) is 8.38. The van der Waals surface area contributed by atoms with Crippen molar-refractivity contribution in [2.45, 2.75) is 71.9 Å². The Kier molecular flexibility index (Phi) is 6.50. The molecule has 3 nitrogen and oxygen atoms in total. The molecule has 2 unspecified atom stereocenters. The minimum Gasteiger partial charge on any atom is -0.488 e. The third kappa shape index (κ3) is 4.70. The maximum atomic E-state index is 6.37. The average molecular weight is 290 g/mol. The van der Waals surface area contributed by atoms with Crippen LogP contribution in [-0.2, 0) is 6.54 Å². The molecule has 1 saturated carbocycles. The van der Waals surface area contributed by atoms with Gasteiger partial charge in [0.15, 0.2) is 0 Å². The summed E-state index contributed by atoms with van der Waals surface area (Å²) in [4.78, 5) is 4.67. The van der Waals surface area contributed by atoms with Crippen molar-refractivity contribution in [2.75, 3.05) is 6.54 Å². The Labute approximate surface area is 129 Å². The Morgan fingerprint density at radius 1 is 1.24 bits per heavy atom. The van der Waals surface area contributed by atoms with Gasteiger partial charge < -0.3 is 10.1 Å². The molecule has 3 heteroatoms. The molecule has 1 aliphatic rings. The zero-order chi connectivity index (χ0) is 15.1. The summed E-state index contributed by atoms with van der Waals surface area (Å²) in [5.74, 6) is 1.69. The number of hydrogen-bond acceptors (Lipinski definition) is 3. The van der Waals surface area contributed by atoms with Crippen molar-refractivity contribution < 1.29 is 4.74 Å². The van der Waals surface area contributed by atoms with Crippen molar-refractivity contribution in [1.82, 2.24) is 10.3 Å². The Bertz CT molecular complexity index is 433. The molecule has 2 rings (SSSR count). The van der Waals surface area contributed by atoms with E-state index in [-0.39, 0.29) is 0 Å². The normalized spacial score (nSPS) is 22.2. The molecule has 0 amide bonds. The van der Waals surface area contributed by atoms with Gasteiger partial charge in [-0.15, -0.1) is 0 Å². The lowest BCUT2D eigenvalue weighted by Crippen LogP contribution is -2.30. The molecule has 1 aromatic heterocycles. The van der Waals surface area contributed by atoms with Crippen LogP contribution in [0.2, 0.25) is 0 Å². The van der Waals surface area contributed by atoms with E-state index < -0.39 is 0 Å². The first-order valence-corrected chi connectivity index (χ1v) is 8.58. The molecular weight excluding hydrogens is 260 g/mol. The maximum Gasteiger partial charge on any atom is 0.142 e. The van der Waals surface area contributed by atoms with Crippen molar-refractivity contribution in [3.05, 3.63) is 23.5 Å². The highest BCUT2D eigenvalue weighted by Gasteiger charge is 2.26. The number of aryl methyl sites for hydroxylation is 1. The zero-order valence-electron chi connectivity index (χ0n) is 13.8. The van der Waals surface area contributed by atoms with E-state index in [9.17, 15) is 0 Å². The first-order valence-electron chi connectivity index (χ1n) is 8.58. The first kappa shape index (κ1) is 16.3. The lowest BCUT2D eigenvalue weighted by Gasteiger charge is -2.31. The summed E-state index contributed by atoms with van der Waals surface area (Å²) in [5, 5.41) is 3.44. The second-order valence-electron chi connectivity index (χ2n) is 6.18. The summed E-state index contributed by atoms with van der Waals surface area (Å²) in [7, 11) is 0. The third-order valence-electron chi connectivity index (χ3n) is 4.43. The molecular formula is C18H30N2O. The minimum absolute atomic E-state index is 0.373. The van der Waals surface area contributed by atoms with Crippen LogP contribution in [0.25, 0.3) is 0 Å². The van der Waals surface area contributed by atoms with Gasteiger partial charge in [0.25, 0.3) is 0 Å². The summed E-state index contributed by atoms with van der Waals surface area (Å²) in [5.41, 5.74) is 2.12. The fourth-order valence-electron chi connectivity index (χ4n) is 3.17. The van der Waals surface area contributed by atoms with Crippen molar-refractivity contribution in [3.8, 4) is 5.75 Å². The maximum absolute atomic E-state index is 6.37. The molecule has 0 saturated heterocycles. The summed E-state index contributed by atoms with van der Waals surface area (Å²) < 4.78 is 6.37. The molecule has 118 valence electrons. The summed E-state index contributed by atoms with van der Waals surface area (Å²) in [6.45, 7) is 8.33. The standard InChI is InChI=1S/C18H30N2O/c1-4-12-19-13-16-18(11-10-14(3)20-16)21-17-9-7-6-8-15(17)5-2/h10-11,15,17,19H,4-9,12-13H2,1-3H3. The molecule has 0 bridgehead atoms. The minimum atomic E-state index is 0.373. The molecule has 1 aliphatic carbocycles. The summed E-state index contributed by atoms with van der Waals surface area (Å²) in [6, 6.07) is 4.16. The number of rotatable bonds is 7. The highest BCUT2D eigenvalue weighted by molar-refractivity contribution is 5.29. The van der Waals surface area contributed by atoms with E-state index in [0.717, 1.165) is 36.6 Å². The molecule has 1 heterocycles. The largest absolute Gasteiger partial charge is 0.488 e. The third-order valence-corrected chi connectivity index (χ3v) is 4.43. The van der Waals surface area contributed by atoms with Crippen molar-refractivity contribution in [3.63, 3.8) is 0 Å². The Hall–Kier alpha value is -1.09. The van der Waals surface area contributed by atoms with Gasteiger partial charge in [0.2, 0.25) is 0 Å².